The van der Waals surface area contributed by atoms with Crippen LogP contribution in [0.1, 0.15) is 11.1 Å². The van der Waals surface area contributed by atoms with Crippen LogP contribution in [0.25, 0.3) is 28.3 Å². The summed E-state index contributed by atoms with van der Waals surface area (Å²) in [7, 11) is 0. The van der Waals surface area contributed by atoms with E-state index in [9.17, 15) is 14.4 Å². The molecular formula is C19H14N4O4. The average Bonchev–Trinajstić information content (AvgIpc) is 2.99. The van der Waals surface area contributed by atoms with Crippen LogP contribution in [0.3, 0.4) is 0 Å². The lowest BCUT2D eigenvalue weighted by molar-refractivity contribution is -0.131. The SMILES string of the molecule is Cc1ccc(-n2nc3c4cc(C=CC(=O)O)ccc4[nH]c(=O)n3c2=O)cc1. The fourth-order valence-electron chi connectivity index (χ4n) is 2.88. The first-order valence-corrected chi connectivity index (χ1v) is 8.10. The number of hydrogen-bond donors (Lipinski definition) is 2. The predicted molar refractivity (Wildman–Crippen MR) is 100 cm³/mol. The predicted octanol–water partition coefficient (Wildman–Crippen LogP) is 1.73. The van der Waals surface area contributed by atoms with Crippen LogP contribution in [0.15, 0.2) is 58.1 Å². The first-order chi connectivity index (χ1) is 12.9. The molecule has 0 aliphatic heterocycles. The van der Waals surface area contributed by atoms with E-state index < -0.39 is 17.3 Å². The number of benzene rings is 2. The van der Waals surface area contributed by atoms with Crippen molar-refractivity contribution in [3.05, 3.63) is 80.6 Å². The molecule has 2 N–H and O–H groups in total. The van der Waals surface area contributed by atoms with Crippen molar-refractivity contribution in [1.29, 1.82) is 0 Å². The molecule has 8 nitrogen and oxygen atoms in total. The fourth-order valence-corrected chi connectivity index (χ4v) is 2.88. The van der Waals surface area contributed by atoms with E-state index in [1.807, 2.05) is 19.1 Å². The monoisotopic (exact) mass is 362 g/mol. The number of aromatic amines is 1. The Morgan fingerprint density at radius 3 is 2.59 bits per heavy atom. The van der Waals surface area contributed by atoms with Crippen LogP contribution in [0, 0.1) is 6.92 Å². The number of hydrogen-bond acceptors (Lipinski definition) is 4. The summed E-state index contributed by atoms with van der Waals surface area (Å²) in [5.74, 6) is -1.07. The summed E-state index contributed by atoms with van der Waals surface area (Å²) < 4.78 is 2.14. The Bertz CT molecular complexity index is 1340. The van der Waals surface area contributed by atoms with Crippen LogP contribution >= 0.6 is 0 Å². The third-order valence-electron chi connectivity index (χ3n) is 4.21. The molecule has 2 aromatic heterocycles. The van der Waals surface area contributed by atoms with Crippen LogP contribution in [-0.4, -0.2) is 30.2 Å². The van der Waals surface area contributed by atoms with Crippen molar-refractivity contribution < 1.29 is 9.90 Å². The van der Waals surface area contributed by atoms with Gasteiger partial charge in [0.05, 0.1) is 11.2 Å². The summed E-state index contributed by atoms with van der Waals surface area (Å²) in [4.78, 5) is 38.5. The molecule has 0 saturated heterocycles. The number of H-pyrrole nitrogens is 1. The van der Waals surface area contributed by atoms with E-state index in [1.54, 1.807) is 30.3 Å². The highest BCUT2D eigenvalue weighted by Gasteiger charge is 2.15. The van der Waals surface area contributed by atoms with E-state index in [2.05, 4.69) is 10.1 Å². The number of aliphatic carboxylic acids is 1. The lowest BCUT2D eigenvalue weighted by atomic mass is 10.1. The number of rotatable bonds is 3. The molecule has 2 aromatic carbocycles. The van der Waals surface area contributed by atoms with Gasteiger partial charge < -0.3 is 10.1 Å². The molecule has 0 aliphatic carbocycles. The number of nitrogens with one attached hydrogen (secondary N) is 1. The Balaban J connectivity index is 2.02. The van der Waals surface area contributed by atoms with Crippen molar-refractivity contribution in [1.82, 2.24) is 19.2 Å². The molecule has 0 spiro atoms. The van der Waals surface area contributed by atoms with E-state index in [-0.39, 0.29) is 5.65 Å². The minimum absolute atomic E-state index is 0.199. The summed E-state index contributed by atoms with van der Waals surface area (Å²) in [6, 6.07) is 12.2. The third kappa shape index (κ3) is 2.82. The fraction of sp³-hybridized carbons (Fsp3) is 0.0526. The van der Waals surface area contributed by atoms with Crippen molar-refractivity contribution in [2.75, 3.05) is 0 Å². The maximum atomic E-state index is 12.7. The molecule has 4 aromatic rings. The smallest absolute Gasteiger partial charge is 0.359 e. The van der Waals surface area contributed by atoms with Crippen LogP contribution < -0.4 is 11.4 Å². The molecule has 0 fully saturated rings. The molecule has 0 unspecified atom stereocenters. The number of carbonyl (C=O) groups is 1. The lowest BCUT2D eigenvalue weighted by Crippen LogP contribution is -2.29. The molecular weight excluding hydrogens is 348 g/mol. The number of fused-ring (bicyclic) bond motifs is 3. The van der Waals surface area contributed by atoms with Gasteiger partial charge in [0.2, 0.25) is 0 Å². The largest absolute Gasteiger partial charge is 0.478 e. The number of carboxylic acid groups (broad SMARTS) is 1. The minimum atomic E-state index is -1.07. The molecule has 2 heterocycles. The first-order valence-electron chi connectivity index (χ1n) is 8.10. The maximum Gasteiger partial charge on any atom is 0.359 e. The van der Waals surface area contributed by atoms with Crippen LogP contribution in [0.2, 0.25) is 0 Å². The zero-order chi connectivity index (χ0) is 19.1. The summed E-state index contributed by atoms with van der Waals surface area (Å²) in [6.45, 7) is 1.93. The van der Waals surface area contributed by atoms with Crippen molar-refractivity contribution >= 4 is 28.6 Å². The van der Waals surface area contributed by atoms with Crippen molar-refractivity contribution in [3.63, 3.8) is 0 Å². The average molecular weight is 362 g/mol. The van der Waals surface area contributed by atoms with E-state index >= 15 is 0 Å². The normalized spacial score (nSPS) is 11.6. The molecule has 8 heteroatoms. The van der Waals surface area contributed by atoms with Gasteiger partial charge in [-0.1, -0.05) is 23.8 Å². The van der Waals surface area contributed by atoms with Gasteiger partial charge in [0.15, 0.2) is 5.65 Å². The van der Waals surface area contributed by atoms with Crippen molar-refractivity contribution in [3.8, 4) is 5.69 Å². The molecule has 0 radical (unpaired) electrons. The van der Waals surface area contributed by atoms with Gasteiger partial charge in [-0.2, -0.15) is 9.08 Å². The van der Waals surface area contributed by atoms with Gasteiger partial charge in [-0.15, -0.1) is 5.10 Å². The molecule has 0 saturated carbocycles. The highest BCUT2D eigenvalue weighted by molar-refractivity contribution is 5.93. The van der Waals surface area contributed by atoms with Gasteiger partial charge in [0, 0.05) is 11.5 Å². The number of aryl methyl sites for hydroxylation is 1. The standard InChI is InChI=1S/C19H14N4O4/c1-11-2-6-13(7-3-11)23-19(27)22-17(21-23)14-10-12(5-9-16(24)25)4-8-15(14)20-18(22)26/h2-10H,1H3,(H,20,26)(H,24,25). The van der Waals surface area contributed by atoms with Crippen LogP contribution in [0.4, 0.5) is 0 Å². The molecule has 27 heavy (non-hydrogen) atoms. The summed E-state index contributed by atoms with van der Waals surface area (Å²) in [6.07, 6.45) is 2.44. The second-order valence-electron chi connectivity index (χ2n) is 6.10. The lowest BCUT2D eigenvalue weighted by Gasteiger charge is -2.01. The van der Waals surface area contributed by atoms with Crippen molar-refractivity contribution in [2.24, 2.45) is 0 Å². The maximum absolute atomic E-state index is 12.7. The zero-order valence-electron chi connectivity index (χ0n) is 14.2. The zero-order valence-corrected chi connectivity index (χ0v) is 14.2. The van der Waals surface area contributed by atoms with E-state index in [0.717, 1.165) is 16.0 Å². The first kappa shape index (κ1) is 16.5. The van der Waals surface area contributed by atoms with Gasteiger partial charge in [-0.05, 0) is 42.8 Å². The minimum Gasteiger partial charge on any atom is -0.478 e. The highest BCUT2D eigenvalue weighted by atomic mass is 16.4. The molecule has 0 atom stereocenters. The van der Waals surface area contributed by atoms with Gasteiger partial charge >= 0.3 is 17.3 Å². The Labute approximate surface area is 151 Å². The van der Waals surface area contributed by atoms with Crippen LogP contribution in [-0.2, 0) is 4.79 Å². The van der Waals surface area contributed by atoms with Crippen LogP contribution in [0.5, 0.6) is 0 Å². The number of aromatic nitrogens is 4. The molecule has 0 bridgehead atoms. The molecule has 4 rings (SSSR count). The van der Waals surface area contributed by atoms with Gasteiger partial charge in [0.1, 0.15) is 0 Å². The van der Waals surface area contributed by atoms with E-state index in [4.69, 9.17) is 5.11 Å². The number of carboxylic acids is 1. The second-order valence-corrected chi connectivity index (χ2v) is 6.10. The Morgan fingerprint density at radius 2 is 1.89 bits per heavy atom. The third-order valence-corrected chi connectivity index (χ3v) is 4.21. The quantitative estimate of drug-likeness (QED) is 0.540. The van der Waals surface area contributed by atoms with Gasteiger partial charge in [0.25, 0.3) is 0 Å². The molecule has 0 aliphatic rings. The van der Waals surface area contributed by atoms with E-state index in [1.165, 1.54) is 10.8 Å². The Morgan fingerprint density at radius 1 is 1.15 bits per heavy atom. The second kappa shape index (κ2) is 6.10. The number of nitrogens with zero attached hydrogens (tertiary/aromatic N) is 3. The summed E-state index contributed by atoms with van der Waals surface area (Å²) in [5, 5.41) is 13.7. The van der Waals surface area contributed by atoms with E-state index in [0.29, 0.717) is 22.2 Å². The van der Waals surface area contributed by atoms with Gasteiger partial charge in [-0.3, -0.25) is 0 Å². The highest BCUT2D eigenvalue weighted by Crippen LogP contribution is 2.18. The molecule has 0 amide bonds. The van der Waals surface area contributed by atoms with Crippen molar-refractivity contribution in [2.45, 2.75) is 6.92 Å². The Hall–Kier alpha value is -3.94. The summed E-state index contributed by atoms with van der Waals surface area (Å²) >= 11 is 0. The summed E-state index contributed by atoms with van der Waals surface area (Å²) in [5.41, 5.74) is 1.72. The Kier molecular flexibility index (Phi) is 3.73. The van der Waals surface area contributed by atoms with Gasteiger partial charge in [-0.25, -0.2) is 14.4 Å². The topological polar surface area (TPSA) is 109 Å². The molecule has 134 valence electrons.